The lowest BCUT2D eigenvalue weighted by Crippen LogP contribution is -2.50. The van der Waals surface area contributed by atoms with Crippen LogP contribution in [0.15, 0.2) is 30.3 Å². The molecule has 1 aromatic rings. The molecule has 1 aromatic carbocycles. The van der Waals surface area contributed by atoms with Gasteiger partial charge >= 0.3 is 0 Å². The Kier molecular flexibility index (Phi) is 14.2. The SMILES string of the molecule is C[C@@H](COCc1ccccc1)[C@H]1C[C@H](C[C@@H](C[C@@H]2CCC[C@H](CCO[Si](C)(C)C(C)(C)C)O2)O[Si](C)(C)C(C)(C)C)OC(C)(C)O1. The van der Waals surface area contributed by atoms with E-state index in [1.54, 1.807) is 0 Å². The molecule has 0 amide bonds. The zero-order valence-electron chi connectivity index (χ0n) is 31.9. The van der Waals surface area contributed by atoms with Crippen molar-refractivity contribution >= 4 is 16.6 Å². The Morgan fingerprint density at radius 2 is 1.46 bits per heavy atom. The van der Waals surface area contributed by atoms with Crippen LogP contribution in [0.3, 0.4) is 0 Å². The molecule has 3 rings (SSSR count). The largest absolute Gasteiger partial charge is 0.417 e. The summed E-state index contributed by atoms with van der Waals surface area (Å²) in [6.07, 6.45) is 7.65. The highest BCUT2D eigenvalue weighted by molar-refractivity contribution is 6.74. The summed E-state index contributed by atoms with van der Waals surface area (Å²) in [5.41, 5.74) is 1.20. The van der Waals surface area contributed by atoms with E-state index in [1.807, 2.05) is 19.9 Å². The second-order valence-corrected chi connectivity index (χ2v) is 27.3. The van der Waals surface area contributed by atoms with E-state index in [0.29, 0.717) is 13.2 Å². The summed E-state index contributed by atoms with van der Waals surface area (Å²) < 4.78 is 39.7. The highest BCUT2D eigenvalue weighted by Crippen LogP contribution is 2.41. The van der Waals surface area contributed by atoms with Gasteiger partial charge in [-0.05, 0) is 94.2 Å². The zero-order valence-corrected chi connectivity index (χ0v) is 33.9. The monoisotopic (exact) mass is 678 g/mol. The molecule has 2 saturated heterocycles. The fourth-order valence-electron chi connectivity index (χ4n) is 6.09. The normalized spacial score (nSPS) is 26.1. The number of benzene rings is 1. The first-order valence-electron chi connectivity index (χ1n) is 18.1. The first-order valence-corrected chi connectivity index (χ1v) is 23.9. The molecule has 2 heterocycles. The highest BCUT2D eigenvalue weighted by Gasteiger charge is 2.43. The third-order valence-electron chi connectivity index (χ3n) is 11.0. The van der Waals surface area contributed by atoms with Crippen molar-refractivity contribution in [3.8, 4) is 0 Å². The van der Waals surface area contributed by atoms with Crippen molar-refractivity contribution in [3.63, 3.8) is 0 Å². The van der Waals surface area contributed by atoms with Crippen molar-refractivity contribution in [2.75, 3.05) is 13.2 Å². The van der Waals surface area contributed by atoms with Gasteiger partial charge in [-0.1, -0.05) is 78.8 Å². The first-order chi connectivity index (χ1) is 21.2. The highest BCUT2D eigenvalue weighted by atomic mass is 28.4. The van der Waals surface area contributed by atoms with Crippen molar-refractivity contribution in [2.45, 2.75) is 186 Å². The summed E-state index contributed by atoms with van der Waals surface area (Å²) in [4.78, 5) is 0. The summed E-state index contributed by atoms with van der Waals surface area (Å²) in [7, 11) is -3.77. The van der Waals surface area contributed by atoms with E-state index in [4.69, 9.17) is 27.8 Å². The summed E-state index contributed by atoms with van der Waals surface area (Å²) in [6, 6.07) is 10.4. The van der Waals surface area contributed by atoms with Gasteiger partial charge in [0.1, 0.15) is 0 Å². The summed E-state index contributed by atoms with van der Waals surface area (Å²) in [6.45, 7) is 31.7. The van der Waals surface area contributed by atoms with Crippen molar-refractivity contribution in [2.24, 2.45) is 5.92 Å². The minimum Gasteiger partial charge on any atom is -0.417 e. The molecule has 266 valence electrons. The fraction of sp³-hybridized carbons (Fsp3) is 0.842. The van der Waals surface area contributed by atoms with Gasteiger partial charge in [-0.2, -0.15) is 0 Å². The molecule has 6 atom stereocenters. The smallest absolute Gasteiger partial charge is 0.192 e. The molecule has 6 nitrogen and oxygen atoms in total. The Morgan fingerprint density at radius 3 is 2.09 bits per heavy atom. The minimum atomic E-state index is -2.02. The van der Waals surface area contributed by atoms with E-state index < -0.39 is 22.4 Å². The molecule has 8 heteroatoms. The van der Waals surface area contributed by atoms with Crippen LogP contribution in [0.2, 0.25) is 36.3 Å². The molecule has 2 aliphatic heterocycles. The van der Waals surface area contributed by atoms with Gasteiger partial charge in [0.15, 0.2) is 22.4 Å². The van der Waals surface area contributed by atoms with E-state index in [2.05, 4.69) is 98.9 Å². The van der Waals surface area contributed by atoms with Gasteiger partial charge in [0.25, 0.3) is 0 Å². The Morgan fingerprint density at radius 1 is 0.848 bits per heavy atom. The first kappa shape index (κ1) is 39.8. The molecular weight excluding hydrogens is 609 g/mol. The van der Waals surface area contributed by atoms with Crippen LogP contribution in [-0.4, -0.2) is 66.2 Å². The van der Waals surface area contributed by atoms with Crippen molar-refractivity contribution in [1.82, 2.24) is 0 Å². The molecule has 0 aliphatic carbocycles. The van der Waals surface area contributed by atoms with Crippen molar-refractivity contribution in [1.29, 1.82) is 0 Å². The van der Waals surface area contributed by atoms with Crippen molar-refractivity contribution < 1.29 is 27.8 Å². The summed E-state index contributed by atoms with van der Waals surface area (Å²) >= 11 is 0. The predicted molar refractivity (Wildman–Crippen MR) is 195 cm³/mol. The van der Waals surface area contributed by atoms with Crippen LogP contribution in [0.25, 0.3) is 0 Å². The van der Waals surface area contributed by atoms with Gasteiger partial charge in [-0.3, -0.25) is 0 Å². The zero-order chi connectivity index (χ0) is 34.4. The van der Waals surface area contributed by atoms with Gasteiger partial charge in [0.2, 0.25) is 0 Å². The van der Waals surface area contributed by atoms with Gasteiger partial charge < -0.3 is 27.8 Å². The number of ether oxygens (including phenoxy) is 4. The molecule has 0 bridgehead atoms. The van der Waals surface area contributed by atoms with Crippen LogP contribution >= 0.6 is 0 Å². The molecule has 0 aromatic heterocycles. The molecule has 2 aliphatic rings. The quantitative estimate of drug-likeness (QED) is 0.172. The lowest BCUT2D eigenvalue weighted by Gasteiger charge is -2.45. The molecule has 2 fully saturated rings. The van der Waals surface area contributed by atoms with Gasteiger partial charge in [-0.15, -0.1) is 0 Å². The average molecular weight is 679 g/mol. The van der Waals surface area contributed by atoms with Crippen LogP contribution in [0.1, 0.15) is 113 Å². The Hall–Kier alpha value is -0.586. The average Bonchev–Trinajstić information content (AvgIpc) is 2.91. The van der Waals surface area contributed by atoms with Crippen LogP contribution in [-0.2, 0) is 34.4 Å². The van der Waals surface area contributed by atoms with E-state index in [0.717, 1.165) is 45.1 Å². The molecule has 0 N–H and O–H groups in total. The Bertz CT molecular complexity index is 1030. The maximum absolute atomic E-state index is 7.18. The topological polar surface area (TPSA) is 55.4 Å². The van der Waals surface area contributed by atoms with E-state index in [-0.39, 0.29) is 46.5 Å². The van der Waals surface area contributed by atoms with Crippen LogP contribution < -0.4 is 0 Å². The second-order valence-electron chi connectivity index (χ2n) is 17.7. The maximum atomic E-state index is 7.18. The molecule has 0 unspecified atom stereocenters. The lowest BCUT2D eigenvalue weighted by atomic mass is 9.92. The third-order valence-corrected chi connectivity index (χ3v) is 20.0. The lowest BCUT2D eigenvalue weighted by molar-refractivity contribution is -0.311. The van der Waals surface area contributed by atoms with E-state index in [1.165, 1.54) is 12.0 Å². The van der Waals surface area contributed by atoms with Crippen LogP contribution in [0.5, 0.6) is 0 Å². The molecule has 0 saturated carbocycles. The standard InChI is InChI=1S/C38H70O6Si2/c1-29(27-39-28-30-18-15-14-16-19-30)35-26-33(42-38(8,9)43-35)25-34(44-46(12,13)37(5,6)7)24-32-21-17-20-31(41-32)22-23-40-45(10,11)36(2,3)4/h14-16,18-19,29,31-35H,17,20-28H2,1-13H3/t29-,31+,32-,33-,34+,35+/m0/s1. The molecule has 46 heavy (non-hydrogen) atoms. The van der Waals surface area contributed by atoms with Crippen molar-refractivity contribution in [3.05, 3.63) is 35.9 Å². The third kappa shape index (κ3) is 12.4. The Labute approximate surface area is 285 Å². The van der Waals surface area contributed by atoms with E-state index in [9.17, 15) is 0 Å². The fourth-order valence-corrected chi connectivity index (χ4v) is 8.53. The number of hydrogen-bond donors (Lipinski definition) is 0. The predicted octanol–water partition coefficient (Wildman–Crippen LogP) is 10.3. The molecular formula is C38H70O6Si2. The second kappa shape index (κ2) is 16.4. The molecule has 0 radical (unpaired) electrons. The van der Waals surface area contributed by atoms with Crippen LogP contribution in [0, 0.1) is 5.92 Å². The van der Waals surface area contributed by atoms with Gasteiger partial charge in [0, 0.05) is 25.0 Å². The molecule has 0 spiro atoms. The number of hydrogen-bond acceptors (Lipinski definition) is 6. The number of rotatable bonds is 15. The summed E-state index contributed by atoms with van der Waals surface area (Å²) in [5.74, 6) is -0.399. The van der Waals surface area contributed by atoms with E-state index >= 15 is 0 Å². The Balaban J connectivity index is 1.64. The maximum Gasteiger partial charge on any atom is 0.192 e. The van der Waals surface area contributed by atoms with Crippen LogP contribution in [0.4, 0.5) is 0 Å². The van der Waals surface area contributed by atoms with Gasteiger partial charge in [-0.25, -0.2) is 0 Å². The minimum absolute atomic E-state index is 0.0532. The van der Waals surface area contributed by atoms with Gasteiger partial charge in [0.05, 0.1) is 37.6 Å². The summed E-state index contributed by atoms with van der Waals surface area (Å²) in [5, 5.41) is 0.356.